The smallest absolute Gasteiger partial charge is 0.251 e. The number of rotatable bonds is 2. The minimum atomic E-state index is -0.00415. The van der Waals surface area contributed by atoms with Crippen LogP contribution in [0.3, 0.4) is 0 Å². The average molecular weight is 317 g/mol. The zero-order valence-electron chi connectivity index (χ0n) is 9.67. The van der Waals surface area contributed by atoms with Crippen molar-refractivity contribution in [1.29, 1.82) is 0 Å². The quantitative estimate of drug-likeness (QED) is 0.828. The monoisotopic (exact) mass is 315 g/mol. The maximum atomic E-state index is 12.1. The lowest BCUT2D eigenvalue weighted by Crippen LogP contribution is -2.37. The Morgan fingerprint density at radius 1 is 1.47 bits per heavy atom. The number of alkyl halides is 1. The van der Waals surface area contributed by atoms with E-state index < -0.39 is 0 Å². The molecule has 0 heterocycles. The lowest BCUT2D eigenvalue weighted by Gasteiger charge is -2.17. The summed E-state index contributed by atoms with van der Waals surface area (Å²) in [6.07, 6.45) is 3.35. The molecule has 0 bridgehead atoms. The molecule has 92 valence electrons. The third kappa shape index (κ3) is 3.02. The Balaban J connectivity index is 2.09. The third-order valence-corrected chi connectivity index (χ3v) is 4.51. The van der Waals surface area contributed by atoms with Gasteiger partial charge in [0.15, 0.2) is 0 Å². The van der Waals surface area contributed by atoms with E-state index in [1.165, 1.54) is 6.42 Å². The van der Waals surface area contributed by atoms with E-state index >= 15 is 0 Å². The largest absolute Gasteiger partial charge is 0.348 e. The summed E-state index contributed by atoms with van der Waals surface area (Å²) in [5.74, 6) is -0.00415. The van der Waals surface area contributed by atoms with E-state index in [-0.39, 0.29) is 11.9 Å². The van der Waals surface area contributed by atoms with Gasteiger partial charge in [0.1, 0.15) is 0 Å². The number of carbonyl (C=O) groups is 1. The molecule has 1 saturated carbocycles. The summed E-state index contributed by atoms with van der Waals surface area (Å²) in [5.41, 5.74) is 1.63. The highest BCUT2D eigenvalue weighted by atomic mass is 79.9. The molecular formula is C13H15BrClNO. The first-order valence-electron chi connectivity index (χ1n) is 5.79. The van der Waals surface area contributed by atoms with E-state index in [0.29, 0.717) is 15.4 Å². The predicted octanol–water partition coefficient (Wildman–Crippen LogP) is 3.69. The van der Waals surface area contributed by atoms with Crippen LogP contribution in [0.5, 0.6) is 0 Å². The lowest BCUT2D eigenvalue weighted by molar-refractivity contribution is 0.0938. The SMILES string of the molecule is Cc1cc(Cl)ccc1C(=O)NC1CCCC1Br. The molecule has 2 rings (SSSR count). The molecule has 1 N–H and O–H groups in total. The van der Waals surface area contributed by atoms with Crippen LogP contribution in [0.25, 0.3) is 0 Å². The molecule has 2 nitrogen and oxygen atoms in total. The number of aryl methyl sites for hydroxylation is 1. The normalized spacial score (nSPS) is 23.7. The lowest BCUT2D eigenvalue weighted by atomic mass is 10.1. The molecule has 4 heteroatoms. The minimum Gasteiger partial charge on any atom is -0.348 e. The standard InChI is InChI=1S/C13H15BrClNO/c1-8-7-9(15)5-6-10(8)13(17)16-12-4-2-3-11(12)14/h5-7,11-12H,2-4H2,1H3,(H,16,17). The van der Waals surface area contributed by atoms with E-state index in [2.05, 4.69) is 21.2 Å². The van der Waals surface area contributed by atoms with Gasteiger partial charge in [0.25, 0.3) is 5.91 Å². The van der Waals surface area contributed by atoms with Gasteiger partial charge < -0.3 is 5.32 Å². The Labute approximate surface area is 115 Å². The van der Waals surface area contributed by atoms with Crippen LogP contribution in [-0.4, -0.2) is 16.8 Å². The van der Waals surface area contributed by atoms with Gasteiger partial charge >= 0.3 is 0 Å². The maximum absolute atomic E-state index is 12.1. The number of hydrogen-bond acceptors (Lipinski definition) is 1. The average Bonchev–Trinajstić information content (AvgIpc) is 2.64. The summed E-state index contributed by atoms with van der Waals surface area (Å²) in [5, 5.41) is 3.74. The molecule has 1 aliphatic carbocycles. The third-order valence-electron chi connectivity index (χ3n) is 3.18. The van der Waals surface area contributed by atoms with Crippen LogP contribution >= 0.6 is 27.5 Å². The molecule has 0 aromatic heterocycles. The molecule has 2 unspecified atom stereocenters. The maximum Gasteiger partial charge on any atom is 0.251 e. The van der Waals surface area contributed by atoms with Crippen LogP contribution in [0.15, 0.2) is 18.2 Å². The van der Waals surface area contributed by atoms with E-state index in [1.807, 2.05) is 13.0 Å². The van der Waals surface area contributed by atoms with Crippen molar-refractivity contribution in [1.82, 2.24) is 5.32 Å². The Morgan fingerprint density at radius 3 is 2.82 bits per heavy atom. The Hall–Kier alpha value is -0.540. The first-order valence-corrected chi connectivity index (χ1v) is 7.08. The van der Waals surface area contributed by atoms with Crippen LogP contribution in [0.2, 0.25) is 5.02 Å². The highest BCUT2D eigenvalue weighted by Crippen LogP contribution is 2.26. The summed E-state index contributed by atoms with van der Waals surface area (Å²) in [4.78, 5) is 12.5. The van der Waals surface area contributed by atoms with Crippen LogP contribution in [0.4, 0.5) is 0 Å². The summed E-state index contributed by atoms with van der Waals surface area (Å²) < 4.78 is 0. The molecule has 0 radical (unpaired) electrons. The van der Waals surface area contributed by atoms with E-state index in [1.54, 1.807) is 12.1 Å². The van der Waals surface area contributed by atoms with Crippen molar-refractivity contribution in [2.24, 2.45) is 0 Å². The molecule has 2 atom stereocenters. The molecule has 0 aliphatic heterocycles. The highest BCUT2D eigenvalue weighted by molar-refractivity contribution is 9.09. The summed E-state index contributed by atoms with van der Waals surface area (Å²) >= 11 is 9.48. The summed E-state index contributed by atoms with van der Waals surface area (Å²) in [6, 6.07) is 5.60. The van der Waals surface area contributed by atoms with Crippen molar-refractivity contribution < 1.29 is 4.79 Å². The van der Waals surface area contributed by atoms with E-state index in [4.69, 9.17) is 11.6 Å². The van der Waals surface area contributed by atoms with Crippen molar-refractivity contribution in [2.45, 2.75) is 37.1 Å². The van der Waals surface area contributed by atoms with Gasteiger partial charge in [0.05, 0.1) is 0 Å². The zero-order chi connectivity index (χ0) is 12.4. The molecule has 1 aliphatic rings. The topological polar surface area (TPSA) is 29.1 Å². The van der Waals surface area contributed by atoms with Crippen molar-refractivity contribution in [3.8, 4) is 0 Å². The second-order valence-electron chi connectivity index (χ2n) is 4.49. The van der Waals surface area contributed by atoms with Gasteiger partial charge in [-0.15, -0.1) is 0 Å². The zero-order valence-corrected chi connectivity index (χ0v) is 12.0. The highest BCUT2D eigenvalue weighted by Gasteiger charge is 2.26. The molecular weight excluding hydrogens is 302 g/mol. The number of benzene rings is 1. The Morgan fingerprint density at radius 2 is 2.24 bits per heavy atom. The Bertz CT molecular complexity index is 435. The molecule has 1 aromatic rings. The molecule has 1 aromatic carbocycles. The van der Waals surface area contributed by atoms with Gasteiger partial charge in [0.2, 0.25) is 0 Å². The minimum absolute atomic E-state index is 0.00415. The van der Waals surface area contributed by atoms with Crippen molar-refractivity contribution in [3.63, 3.8) is 0 Å². The first kappa shape index (κ1) is 12.9. The fourth-order valence-electron chi connectivity index (χ4n) is 2.21. The number of carbonyl (C=O) groups excluding carboxylic acids is 1. The van der Waals surface area contributed by atoms with Gasteiger partial charge in [-0.1, -0.05) is 34.0 Å². The molecule has 0 spiro atoms. The molecule has 0 saturated heterocycles. The van der Waals surface area contributed by atoms with Gasteiger partial charge in [-0.2, -0.15) is 0 Å². The molecule has 1 fully saturated rings. The summed E-state index contributed by atoms with van der Waals surface area (Å²) in [6.45, 7) is 1.90. The number of halogens is 2. The number of nitrogens with one attached hydrogen (secondary N) is 1. The number of hydrogen-bond donors (Lipinski definition) is 1. The fourth-order valence-corrected chi connectivity index (χ4v) is 3.15. The number of amides is 1. The van der Waals surface area contributed by atoms with Crippen molar-refractivity contribution >= 4 is 33.4 Å². The first-order chi connectivity index (χ1) is 8.08. The molecule has 1 amide bonds. The van der Waals surface area contributed by atoms with Crippen LogP contribution < -0.4 is 5.32 Å². The van der Waals surface area contributed by atoms with Crippen molar-refractivity contribution in [3.05, 3.63) is 34.3 Å². The fraction of sp³-hybridized carbons (Fsp3) is 0.462. The van der Waals surface area contributed by atoms with Crippen LogP contribution in [0.1, 0.15) is 35.2 Å². The second-order valence-corrected chi connectivity index (χ2v) is 6.10. The van der Waals surface area contributed by atoms with Gasteiger partial charge in [0, 0.05) is 21.5 Å². The van der Waals surface area contributed by atoms with Gasteiger partial charge in [-0.05, 0) is 43.5 Å². The van der Waals surface area contributed by atoms with E-state index in [9.17, 15) is 4.79 Å². The van der Waals surface area contributed by atoms with Crippen LogP contribution in [0, 0.1) is 6.92 Å². The molecule has 17 heavy (non-hydrogen) atoms. The van der Waals surface area contributed by atoms with E-state index in [0.717, 1.165) is 18.4 Å². The van der Waals surface area contributed by atoms with Gasteiger partial charge in [-0.3, -0.25) is 4.79 Å². The van der Waals surface area contributed by atoms with Gasteiger partial charge in [-0.25, -0.2) is 0 Å². The summed E-state index contributed by atoms with van der Waals surface area (Å²) in [7, 11) is 0. The second kappa shape index (κ2) is 5.40. The van der Waals surface area contributed by atoms with Crippen molar-refractivity contribution in [2.75, 3.05) is 0 Å². The van der Waals surface area contributed by atoms with Crippen LogP contribution in [-0.2, 0) is 0 Å². The Kier molecular flexibility index (Phi) is 4.10. The predicted molar refractivity (Wildman–Crippen MR) is 74.0 cm³/mol.